The van der Waals surface area contributed by atoms with E-state index in [9.17, 15) is 9.59 Å². The van der Waals surface area contributed by atoms with E-state index in [0.29, 0.717) is 13.0 Å². The largest absolute Gasteiger partial charge is 0.497 e. The first kappa shape index (κ1) is 20.6. The molecule has 1 N–H and O–H groups in total. The van der Waals surface area contributed by atoms with Crippen LogP contribution in [0.1, 0.15) is 49.0 Å². The molecule has 0 radical (unpaired) electrons. The predicted molar refractivity (Wildman–Crippen MR) is 124 cm³/mol. The van der Waals surface area contributed by atoms with Crippen LogP contribution in [-0.4, -0.2) is 52.8 Å². The van der Waals surface area contributed by atoms with Crippen LogP contribution in [0.5, 0.6) is 5.75 Å². The molecule has 1 saturated heterocycles. The molecule has 1 aromatic heterocycles. The van der Waals surface area contributed by atoms with E-state index in [-0.39, 0.29) is 24.4 Å². The van der Waals surface area contributed by atoms with Gasteiger partial charge in [0, 0.05) is 29.6 Å². The van der Waals surface area contributed by atoms with E-state index in [1.54, 1.807) is 12.0 Å². The molecule has 0 aliphatic carbocycles. The number of carbonyl (C=O) groups is 2. The number of nitrogens with one attached hydrogen (secondary N) is 1. The summed E-state index contributed by atoms with van der Waals surface area (Å²) in [6, 6.07) is 15.2. The second kappa shape index (κ2) is 8.34. The molecule has 32 heavy (non-hydrogen) atoms. The number of fused-ring (bicyclic) bond motifs is 4. The number of amides is 2. The molecule has 0 unspecified atom stereocenters. The van der Waals surface area contributed by atoms with Gasteiger partial charge >= 0.3 is 0 Å². The smallest absolute Gasteiger partial charge is 0.246 e. The van der Waals surface area contributed by atoms with Gasteiger partial charge in [0.05, 0.1) is 19.7 Å². The third-order valence-corrected chi connectivity index (χ3v) is 6.81. The summed E-state index contributed by atoms with van der Waals surface area (Å²) in [5, 5.41) is 1.13. The van der Waals surface area contributed by atoms with Crippen molar-refractivity contribution < 1.29 is 14.3 Å². The number of methoxy groups -OCH3 is 1. The molecule has 2 aliphatic rings. The highest BCUT2D eigenvalue weighted by atomic mass is 16.5. The molecule has 0 saturated carbocycles. The standard InChI is InChI=1S/C26H29N3O3/c1-3-4-7-14-28-16-23(30)29-22(26(28)31)15-20-19-8-5-6-9-21(19)27-24(20)25(29)17-10-12-18(32-2)13-11-17/h5-6,8-13,22,25,27H,3-4,7,14-16H2,1-2H3/t22-,25-/m0/s1. The van der Waals surface area contributed by atoms with Crippen molar-refractivity contribution in [2.45, 2.75) is 44.7 Å². The van der Waals surface area contributed by atoms with Crippen LogP contribution in [0, 0.1) is 0 Å². The van der Waals surface area contributed by atoms with Crippen LogP contribution in [0.15, 0.2) is 48.5 Å². The molecule has 1 fully saturated rings. The highest BCUT2D eigenvalue weighted by Crippen LogP contribution is 2.42. The van der Waals surface area contributed by atoms with Gasteiger partial charge in [-0.25, -0.2) is 0 Å². The lowest BCUT2D eigenvalue weighted by Crippen LogP contribution is -2.63. The number of hydrogen-bond acceptors (Lipinski definition) is 3. The second-order valence-corrected chi connectivity index (χ2v) is 8.73. The molecule has 2 amide bonds. The quantitative estimate of drug-likeness (QED) is 0.599. The minimum Gasteiger partial charge on any atom is -0.497 e. The SMILES string of the molecule is CCCCCN1CC(=O)N2[C@@H](c3ccc(OC)cc3)c3[nH]c4ccccc4c3C[C@H]2C1=O. The van der Waals surface area contributed by atoms with Crippen LogP contribution in [0.3, 0.4) is 0 Å². The van der Waals surface area contributed by atoms with E-state index >= 15 is 0 Å². The summed E-state index contributed by atoms with van der Waals surface area (Å²) in [6.07, 6.45) is 3.63. The number of ether oxygens (including phenoxy) is 1. The number of hydrogen-bond donors (Lipinski definition) is 1. The van der Waals surface area contributed by atoms with Gasteiger partial charge < -0.3 is 19.5 Å². The lowest BCUT2D eigenvalue weighted by atomic mass is 9.86. The minimum absolute atomic E-state index is 0.0104. The van der Waals surface area contributed by atoms with E-state index in [1.807, 2.05) is 41.3 Å². The van der Waals surface area contributed by atoms with Crippen molar-refractivity contribution in [1.29, 1.82) is 0 Å². The van der Waals surface area contributed by atoms with Crippen LogP contribution in [0.2, 0.25) is 0 Å². The maximum atomic E-state index is 13.5. The molecule has 2 aromatic carbocycles. The maximum absolute atomic E-state index is 13.5. The molecular weight excluding hydrogens is 402 g/mol. The molecule has 2 atom stereocenters. The summed E-state index contributed by atoms with van der Waals surface area (Å²) in [4.78, 5) is 34.1. The van der Waals surface area contributed by atoms with Crippen molar-refractivity contribution in [2.24, 2.45) is 0 Å². The summed E-state index contributed by atoms with van der Waals surface area (Å²) >= 11 is 0. The van der Waals surface area contributed by atoms with Crippen LogP contribution >= 0.6 is 0 Å². The third-order valence-electron chi connectivity index (χ3n) is 6.81. The van der Waals surface area contributed by atoms with E-state index in [2.05, 4.69) is 24.0 Å². The van der Waals surface area contributed by atoms with E-state index < -0.39 is 6.04 Å². The number of H-pyrrole nitrogens is 1. The van der Waals surface area contributed by atoms with E-state index in [0.717, 1.165) is 52.7 Å². The van der Waals surface area contributed by atoms with Crippen molar-refractivity contribution in [2.75, 3.05) is 20.2 Å². The van der Waals surface area contributed by atoms with Gasteiger partial charge in [0.15, 0.2) is 0 Å². The monoisotopic (exact) mass is 431 g/mol. The van der Waals surface area contributed by atoms with Gasteiger partial charge in [-0.15, -0.1) is 0 Å². The number of benzene rings is 2. The van der Waals surface area contributed by atoms with Crippen LogP contribution in [0.4, 0.5) is 0 Å². The number of aromatic amines is 1. The summed E-state index contributed by atoms with van der Waals surface area (Å²) in [5.41, 5.74) is 4.16. The van der Waals surface area contributed by atoms with E-state index in [1.165, 1.54) is 0 Å². The van der Waals surface area contributed by atoms with Crippen molar-refractivity contribution in [1.82, 2.24) is 14.8 Å². The van der Waals surface area contributed by atoms with Gasteiger partial charge in [-0.3, -0.25) is 9.59 Å². The summed E-state index contributed by atoms with van der Waals surface area (Å²) in [5.74, 6) is 0.840. The lowest BCUT2D eigenvalue weighted by molar-refractivity contribution is -0.158. The Morgan fingerprint density at radius 1 is 1.06 bits per heavy atom. The minimum atomic E-state index is -0.475. The zero-order valence-corrected chi connectivity index (χ0v) is 18.6. The van der Waals surface area contributed by atoms with Crippen LogP contribution < -0.4 is 4.74 Å². The Hall–Kier alpha value is -3.28. The number of piperazine rings is 1. The zero-order valence-electron chi connectivity index (χ0n) is 18.6. The molecule has 166 valence electrons. The first-order valence-electron chi connectivity index (χ1n) is 11.5. The Morgan fingerprint density at radius 3 is 2.59 bits per heavy atom. The highest BCUT2D eigenvalue weighted by molar-refractivity contribution is 5.97. The summed E-state index contributed by atoms with van der Waals surface area (Å²) < 4.78 is 5.33. The van der Waals surface area contributed by atoms with Gasteiger partial charge in [-0.1, -0.05) is 50.1 Å². The van der Waals surface area contributed by atoms with Gasteiger partial charge in [-0.05, 0) is 35.7 Å². The Bertz CT molecular complexity index is 1150. The number of para-hydroxylation sites is 1. The predicted octanol–water partition coefficient (Wildman–Crippen LogP) is 4.05. The molecule has 5 rings (SSSR count). The Kier molecular flexibility index (Phi) is 5.37. The summed E-state index contributed by atoms with van der Waals surface area (Å²) in [6.45, 7) is 2.95. The molecule has 2 aliphatic heterocycles. The number of aromatic nitrogens is 1. The molecule has 0 spiro atoms. The number of nitrogens with zero attached hydrogens (tertiary/aromatic N) is 2. The third kappa shape index (κ3) is 3.34. The van der Waals surface area contributed by atoms with E-state index in [4.69, 9.17) is 4.74 Å². The van der Waals surface area contributed by atoms with Crippen LogP contribution in [-0.2, 0) is 16.0 Å². The lowest BCUT2D eigenvalue weighted by Gasteiger charge is -2.47. The van der Waals surface area contributed by atoms with Crippen molar-refractivity contribution in [3.05, 3.63) is 65.4 Å². The van der Waals surface area contributed by atoms with Gasteiger partial charge in [0.2, 0.25) is 11.8 Å². The van der Waals surface area contributed by atoms with Crippen LogP contribution in [0.25, 0.3) is 10.9 Å². The fraction of sp³-hybridized carbons (Fsp3) is 0.385. The number of carbonyl (C=O) groups excluding carboxylic acids is 2. The van der Waals surface area contributed by atoms with Crippen molar-refractivity contribution in [3.8, 4) is 5.75 Å². The maximum Gasteiger partial charge on any atom is 0.246 e. The van der Waals surface area contributed by atoms with Crippen molar-refractivity contribution >= 4 is 22.7 Å². The topological polar surface area (TPSA) is 65.6 Å². The fourth-order valence-electron chi connectivity index (χ4n) is 5.20. The fourth-order valence-corrected chi connectivity index (χ4v) is 5.20. The number of rotatable bonds is 6. The Labute approximate surface area is 188 Å². The van der Waals surface area contributed by atoms with Gasteiger partial charge in [0.25, 0.3) is 0 Å². The van der Waals surface area contributed by atoms with Crippen molar-refractivity contribution in [3.63, 3.8) is 0 Å². The molecule has 6 nitrogen and oxygen atoms in total. The molecule has 3 heterocycles. The summed E-state index contributed by atoms with van der Waals surface area (Å²) in [7, 11) is 1.64. The molecule has 6 heteroatoms. The zero-order chi connectivity index (χ0) is 22.2. The normalized spacial score (nSPS) is 20.4. The highest BCUT2D eigenvalue weighted by Gasteiger charge is 2.48. The molecular formula is C26H29N3O3. The van der Waals surface area contributed by atoms with Gasteiger partial charge in [0.1, 0.15) is 11.8 Å². The average molecular weight is 432 g/mol. The first-order chi connectivity index (χ1) is 15.6. The number of unbranched alkanes of at least 4 members (excludes halogenated alkanes) is 2. The molecule has 0 bridgehead atoms. The Balaban J connectivity index is 1.60. The van der Waals surface area contributed by atoms with Gasteiger partial charge in [-0.2, -0.15) is 0 Å². The second-order valence-electron chi connectivity index (χ2n) is 8.73. The first-order valence-corrected chi connectivity index (χ1v) is 11.5. The average Bonchev–Trinajstić information content (AvgIpc) is 3.19. The Morgan fingerprint density at radius 2 is 1.84 bits per heavy atom. The molecule has 3 aromatic rings.